The highest BCUT2D eigenvalue weighted by Gasteiger charge is 1.84. The molecule has 0 heterocycles. The molecule has 0 aromatic heterocycles. The van der Waals surface area contributed by atoms with E-state index < -0.39 is 0 Å². The molecule has 0 saturated carbocycles. The molecule has 0 saturated heterocycles. The van der Waals surface area contributed by atoms with E-state index in [4.69, 9.17) is 0 Å². The van der Waals surface area contributed by atoms with Crippen LogP contribution in [-0.2, 0) is 0 Å². The van der Waals surface area contributed by atoms with Gasteiger partial charge in [0.05, 0.1) is 0 Å². The average Bonchev–Trinajstić information content (AvgIpc) is 2.02. The Bertz CT molecular complexity index is 76.9. The van der Waals surface area contributed by atoms with E-state index in [9.17, 15) is 0 Å². The van der Waals surface area contributed by atoms with Crippen LogP contribution in [0.4, 0.5) is 0 Å². The fourth-order valence-corrected chi connectivity index (χ4v) is 0.604. The lowest BCUT2D eigenvalue weighted by atomic mass is 10.3. The Morgan fingerprint density at radius 1 is 1.36 bits per heavy atom. The third-order valence-electron chi connectivity index (χ3n) is 1.13. The topological polar surface area (TPSA) is 12.0 Å². The summed E-state index contributed by atoms with van der Waals surface area (Å²) >= 11 is 0. The van der Waals surface area contributed by atoms with E-state index in [0.29, 0.717) is 0 Å². The molecule has 1 heteroatoms. The number of hydrogen-bond donors (Lipinski definition) is 1. The zero-order valence-corrected chi connectivity index (χ0v) is 8.54. The van der Waals surface area contributed by atoms with Crippen LogP contribution in [0, 0.1) is 0 Å². The Morgan fingerprint density at radius 3 is 2.27 bits per heavy atom. The first kappa shape index (κ1) is 13.3. The quantitative estimate of drug-likeness (QED) is 0.478. The molecule has 1 N–H and O–H groups in total. The Hall–Kier alpha value is -0.300. The van der Waals surface area contributed by atoms with Gasteiger partial charge in [0, 0.05) is 6.54 Å². The van der Waals surface area contributed by atoms with Gasteiger partial charge in [0.1, 0.15) is 0 Å². The Labute approximate surface area is 71.9 Å². The first-order valence-corrected chi connectivity index (χ1v) is 4.62. The van der Waals surface area contributed by atoms with E-state index in [0.717, 1.165) is 13.1 Å². The van der Waals surface area contributed by atoms with Gasteiger partial charge in [0.2, 0.25) is 0 Å². The lowest BCUT2D eigenvalue weighted by Gasteiger charge is -2.00. The lowest BCUT2D eigenvalue weighted by molar-refractivity contribution is 0.672. The zero-order chi connectivity index (χ0) is 9.11. The molecular formula is C10H23N. The third kappa shape index (κ3) is 17.7. The predicted molar refractivity (Wildman–Crippen MR) is 53.9 cm³/mol. The summed E-state index contributed by atoms with van der Waals surface area (Å²) in [4.78, 5) is 0. The fourth-order valence-electron chi connectivity index (χ4n) is 0.604. The highest BCUT2D eigenvalue weighted by molar-refractivity contribution is 4.90. The Morgan fingerprint density at radius 2 is 1.91 bits per heavy atom. The van der Waals surface area contributed by atoms with E-state index >= 15 is 0 Å². The van der Waals surface area contributed by atoms with Crippen LogP contribution in [0.2, 0.25) is 0 Å². The van der Waals surface area contributed by atoms with Gasteiger partial charge in [0.15, 0.2) is 0 Å². The van der Waals surface area contributed by atoms with Crippen molar-refractivity contribution in [2.45, 2.75) is 40.5 Å². The summed E-state index contributed by atoms with van der Waals surface area (Å²) in [6.45, 7) is 14.1. The maximum Gasteiger partial charge on any atom is 0.0159 e. The van der Waals surface area contributed by atoms with Crippen molar-refractivity contribution < 1.29 is 0 Å². The van der Waals surface area contributed by atoms with E-state index in [1.165, 1.54) is 18.4 Å². The maximum atomic E-state index is 3.79. The Balaban J connectivity index is 0. The molecule has 0 spiro atoms. The second kappa shape index (κ2) is 12.4. The van der Waals surface area contributed by atoms with Crippen LogP contribution in [0.1, 0.15) is 40.5 Å². The minimum Gasteiger partial charge on any atom is -0.313 e. The molecule has 0 unspecified atom stereocenters. The van der Waals surface area contributed by atoms with Crippen molar-refractivity contribution in [2.75, 3.05) is 13.1 Å². The normalized spacial score (nSPS) is 8.36. The fraction of sp³-hybridized carbons (Fsp3) is 0.800. The van der Waals surface area contributed by atoms with Gasteiger partial charge in [0.25, 0.3) is 0 Å². The van der Waals surface area contributed by atoms with Crippen LogP contribution in [0.15, 0.2) is 12.2 Å². The molecule has 0 fully saturated rings. The summed E-state index contributed by atoms with van der Waals surface area (Å²) in [5.74, 6) is 0. The predicted octanol–water partition coefficient (Wildman–Crippen LogP) is 2.98. The molecule has 0 rings (SSSR count). The van der Waals surface area contributed by atoms with Crippen molar-refractivity contribution in [3.8, 4) is 0 Å². The van der Waals surface area contributed by atoms with Gasteiger partial charge in [-0.3, -0.25) is 0 Å². The molecule has 0 aromatic carbocycles. The van der Waals surface area contributed by atoms with Crippen molar-refractivity contribution >= 4 is 0 Å². The summed E-state index contributed by atoms with van der Waals surface area (Å²) < 4.78 is 0. The molecular weight excluding hydrogens is 134 g/mol. The van der Waals surface area contributed by atoms with Crippen molar-refractivity contribution in [1.82, 2.24) is 5.32 Å². The smallest absolute Gasteiger partial charge is 0.0159 e. The van der Waals surface area contributed by atoms with Gasteiger partial charge in [-0.25, -0.2) is 0 Å². The second-order valence-corrected chi connectivity index (χ2v) is 2.49. The van der Waals surface area contributed by atoms with E-state index in [2.05, 4.69) is 18.8 Å². The minimum absolute atomic E-state index is 0.972. The monoisotopic (exact) mass is 157 g/mol. The van der Waals surface area contributed by atoms with Gasteiger partial charge < -0.3 is 5.32 Å². The van der Waals surface area contributed by atoms with Crippen LogP contribution in [-0.4, -0.2) is 13.1 Å². The molecule has 68 valence electrons. The van der Waals surface area contributed by atoms with Gasteiger partial charge in [-0.2, -0.15) is 0 Å². The van der Waals surface area contributed by atoms with Crippen LogP contribution < -0.4 is 5.32 Å². The van der Waals surface area contributed by atoms with E-state index in [1.807, 2.05) is 20.8 Å². The standard InChI is InChI=1S/C8H17N.C2H6/c1-4-5-6-9-7-8(2)3;1-2/h9H,2,4-7H2,1,3H3;1-2H3. The number of unbranched alkanes of at least 4 members (excludes halogenated alkanes) is 1. The van der Waals surface area contributed by atoms with Gasteiger partial charge in [-0.15, -0.1) is 0 Å². The Kier molecular flexibility index (Phi) is 15.0. The van der Waals surface area contributed by atoms with Crippen LogP contribution in [0.25, 0.3) is 0 Å². The van der Waals surface area contributed by atoms with Crippen molar-refractivity contribution in [3.63, 3.8) is 0 Å². The highest BCUT2D eigenvalue weighted by atomic mass is 14.8. The zero-order valence-electron chi connectivity index (χ0n) is 8.54. The largest absolute Gasteiger partial charge is 0.313 e. The number of rotatable bonds is 5. The first-order valence-electron chi connectivity index (χ1n) is 4.62. The molecule has 0 bridgehead atoms. The summed E-state index contributed by atoms with van der Waals surface area (Å²) in [5.41, 5.74) is 1.21. The van der Waals surface area contributed by atoms with Crippen LogP contribution >= 0.6 is 0 Å². The number of hydrogen-bond acceptors (Lipinski definition) is 1. The maximum absolute atomic E-state index is 3.79. The second-order valence-electron chi connectivity index (χ2n) is 2.49. The molecule has 0 atom stereocenters. The molecule has 0 amide bonds. The van der Waals surface area contributed by atoms with Crippen molar-refractivity contribution in [2.24, 2.45) is 0 Å². The number of nitrogens with one attached hydrogen (secondary N) is 1. The van der Waals surface area contributed by atoms with Crippen molar-refractivity contribution in [3.05, 3.63) is 12.2 Å². The molecule has 1 nitrogen and oxygen atoms in total. The van der Waals surface area contributed by atoms with Gasteiger partial charge in [-0.1, -0.05) is 39.3 Å². The summed E-state index contributed by atoms with van der Waals surface area (Å²) in [5, 5.41) is 3.29. The van der Waals surface area contributed by atoms with E-state index in [-0.39, 0.29) is 0 Å². The van der Waals surface area contributed by atoms with Gasteiger partial charge >= 0.3 is 0 Å². The molecule has 0 aliphatic rings. The SMILES string of the molecule is C=C(C)CNCCCC.CC. The van der Waals surface area contributed by atoms with E-state index in [1.54, 1.807) is 0 Å². The summed E-state index contributed by atoms with van der Waals surface area (Å²) in [6, 6.07) is 0. The third-order valence-corrected chi connectivity index (χ3v) is 1.13. The van der Waals surface area contributed by atoms with Gasteiger partial charge in [-0.05, 0) is 19.9 Å². The molecule has 0 aromatic rings. The molecule has 0 aliphatic heterocycles. The van der Waals surface area contributed by atoms with Crippen LogP contribution in [0.5, 0.6) is 0 Å². The summed E-state index contributed by atoms with van der Waals surface area (Å²) in [6.07, 6.45) is 2.54. The summed E-state index contributed by atoms with van der Waals surface area (Å²) in [7, 11) is 0. The molecule has 0 radical (unpaired) electrons. The highest BCUT2D eigenvalue weighted by Crippen LogP contribution is 1.85. The van der Waals surface area contributed by atoms with Crippen LogP contribution in [0.3, 0.4) is 0 Å². The molecule has 0 aliphatic carbocycles. The lowest BCUT2D eigenvalue weighted by Crippen LogP contribution is -2.16. The average molecular weight is 157 g/mol. The first-order chi connectivity index (χ1) is 5.27. The molecule has 11 heavy (non-hydrogen) atoms. The van der Waals surface area contributed by atoms with Crippen molar-refractivity contribution in [1.29, 1.82) is 0 Å². The minimum atomic E-state index is 0.972.